The van der Waals surface area contributed by atoms with E-state index in [2.05, 4.69) is 23.3 Å². The van der Waals surface area contributed by atoms with Gasteiger partial charge in [-0.2, -0.15) is 0 Å². The predicted octanol–water partition coefficient (Wildman–Crippen LogP) is 3.39. The number of aryl methyl sites for hydroxylation is 2. The molecule has 0 atom stereocenters. The number of anilines is 2. The lowest BCUT2D eigenvalue weighted by atomic mass is 10.1. The van der Waals surface area contributed by atoms with Gasteiger partial charge >= 0.3 is 5.97 Å². The molecular formula is C15H16N2O2. The molecule has 0 spiro atoms. The van der Waals surface area contributed by atoms with Crippen molar-refractivity contribution < 1.29 is 9.90 Å². The van der Waals surface area contributed by atoms with Crippen molar-refractivity contribution in [2.24, 2.45) is 0 Å². The van der Waals surface area contributed by atoms with Crippen molar-refractivity contribution in [3.63, 3.8) is 0 Å². The molecule has 2 N–H and O–H groups in total. The zero-order valence-electron chi connectivity index (χ0n) is 11.0. The first-order valence-electron chi connectivity index (χ1n) is 6.16. The minimum atomic E-state index is -0.948. The third kappa shape index (κ3) is 3.31. The fourth-order valence-corrected chi connectivity index (χ4v) is 1.87. The molecule has 19 heavy (non-hydrogen) atoms. The number of hydrogen-bond acceptors (Lipinski definition) is 3. The molecule has 0 saturated heterocycles. The van der Waals surface area contributed by atoms with Gasteiger partial charge in [-0.1, -0.05) is 19.1 Å². The number of pyridine rings is 1. The molecule has 0 amide bonds. The maximum absolute atomic E-state index is 11.0. The van der Waals surface area contributed by atoms with Crippen LogP contribution in [0.3, 0.4) is 0 Å². The van der Waals surface area contributed by atoms with Crippen LogP contribution < -0.4 is 5.32 Å². The summed E-state index contributed by atoms with van der Waals surface area (Å²) in [5, 5.41) is 12.2. The van der Waals surface area contributed by atoms with Gasteiger partial charge in [-0.15, -0.1) is 0 Å². The summed E-state index contributed by atoms with van der Waals surface area (Å²) in [4.78, 5) is 15.3. The molecule has 1 aromatic carbocycles. The Kier molecular flexibility index (Phi) is 3.80. The van der Waals surface area contributed by atoms with E-state index in [4.69, 9.17) is 5.11 Å². The Balaban J connectivity index is 2.29. The van der Waals surface area contributed by atoms with Crippen LogP contribution in [0.4, 0.5) is 11.5 Å². The third-order valence-corrected chi connectivity index (χ3v) is 2.81. The van der Waals surface area contributed by atoms with E-state index < -0.39 is 5.97 Å². The van der Waals surface area contributed by atoms with E-state index in [1.807, 2.05) is 18.2 Å². The summed E-state index contributed by atoms with van der Waals surface area (Å²) >= 11 is 0. The van der Waals surface area contributed by atoms with Crippen molar-refractivity contribution in [1.82, 2.24) is 4.98 Å². The average molecular weight is 256 g/mol. The number of nitrogens with zero attached hydrogens (tertiary/aromatic N) is 1. The smallest absolute Gasteiger partial charge is 0.335 e. The zero-order valence-corrected chi connectivity index (χ0v) is 11.0. The third-order valence-electron chi connectivity index (χ3n) is 2.81. The van der Waals surface area contributed by atoms with Crippen LogP contribution >= 0.6 is 0 Å². The Labute approximate surface area is 112 Å². The minimum absolute atomic E-state index is 0.238. The lowest BCUT2D eigenvalue weighted by Crippen LogP contribution is -2.02. The average Bonchev–Trinajstić information content (AvgIpc) is 2.38. The molecule has 0 radical (unpaired) electrons. The fraction of sp³-hybridized carbons (Fsp3) is 0.200. The molecule has 98 valence electrons. The second-order valence-electron chi connectivity index (χ2n) is 4.37. The summed E-state index contributed by atoms with van der Waals surface area (Å²) < 4.78 is 0. The van der Waals surface area contributed by atoms with Crippen LogP contribution in [0.5, 0.6) is 0 Å². The number of benzene rings is 1. The molecule has 0 saturated carbocycles. The molecule has 2 rings (SSSR count). The second kappa shape index (κ2) is 5.52. The van der Waals surface area contributed by atoms with Crippen molar-refractivity contribution in [2.75, 3.05) is 5.32 Å². The lowest BCUT2D eigenvalue weighted by molar-refractivity contribution is 0.0696. The van der Waals surface area contributed by atoms with Gasteiger partial charge in [0.25, 0.3) is 0 Å². The molecule has 0 unspecified atom stereocenters. The highest BCUT2D eigenvalue weighted by molar-refractivity contribution is 5.88. The summed E-state index contributed by atoms with van der Waals surface area (Å²) in [5.41, 5.74) is 3.04. The Bertz CT molecular complexity index is 609. The van der Waals surface area contributed by atoms with Crippen LogP contribution in [0, 0.1) is 6.92 Å². The van der Waals surface area contributed by atoms with E-state index >= 15 is 0 Å². The fourth-order valence-electron chi connectivity index (χ4n) is 1.87. The highest BCUT2D eigenvalue weighted by Gasteiger charge is 2.06. The molecule has 1 heterocycles. The Hall–Kier alpha value is -2.36. The molecule has 0 aliphatic rings. The van der Waals surface area contributed by atoms with Gasteiger partial charge in [-0.05, 0) is 43.2 Å². The normalized spacial score (nSPS) is 10.2. The molecule has 4 heteroatoms. The first kappa shape index (κ1) is 13.1. The SMILES string of the molecule is CCc1cccc(Nc2cc(C(=O)O)cc(C)n2)c1. The van der Waals surface area contributed by atoms with Crippen LogP contribution in [0.2, 0.25) is 0 Å². The Morgan fingerprint density at radius 2 is 2.11 bits per heavy atom. The van der Waals surface area contributed by atoms with Crippen molar-refractivity contribution >= 4 is 17.5 Å². The zero-order chi connectivity index (χ0) is 13.8. The van der Waals surface area contributed by atoms with E-state index in [0.717, 1.165) is 12.1 Å². The van der Waals surface area contributed by atoms with Crippen molar-refractivity contribution in [3.05, 3.63) is 53.2 Å². The van der Waals surface area contributed by atoms with Gasteiger partial charge < -0.3 is 10.4 Å². The standard InChI is InChI=1S/C15H16N2O2/c1-3-11-5-4-6-13(8-11)17-14-9-12(15(18)19)7-10(2)16-14/h4-9H,3H2,1-2H3,(H,16,17)(H,18,19). The molecule has 0 bridgehead atoms. The molecule has 2 aromatic rings. The van der Waals surface area contributed by atoms with Crippen LogP contribution in [0.15, 0.2) is 36.4 Å². The molecule has 1 aromatic heterocycles. The van der Waals surface area contributed by atoms with Crippen LogP contribution in [0.1, 0.15) is 28.5 Å². The van der Waals surface area contributed by atoms with Crippen molar-refractivity contribution in [3.8, 4) is 0 Å². The number of rotatable bonds is 4. The largest absolute Gasteiger partial charge is 0.478 e. The van der Waals surface area contributed by atoms with E-state index in [-0.39, 0.29) is 5.56 Å². The number of hydrogen-bond donors (Lipinski definition) is 2. The van der Waals surface area contributed by atoms with Crippen LogP contribution in [-0.2, 0) is 6.42 Å². The number of carboxylic acid groups (broad SMARTS) is 1. The summed E-state index contributed by atoms with van der Waals surface area (Å²) in [6, 6.07) is 11.1. The maximum atomic E-state index is 11.0. The number of carboxylic acids is 1. The van der Waals surface area contributed by atoms with E-state index in [1.165, 1.54) is 11.6 Å². The predicted molar refractivity (Wildman–Crippen MR) is 75.0 cm³/mol. The number of nitrogens with one attached hydrogen (secondary N) is 1. The molecule has 0 fully saturated rings. The van der Waals surface area contributed by atoms with Gasteiger partial charge in [0.2, 0.25) is 0 Å². The van der Waals surface area contributed by atoms with E-state index in [9.17, 15) is 4.79 Å². The Morgan fingerprint density at radius 3 is 2.79 bits per heavy atom. The quantitative estimate of drug-likeness (QED) is 0.880. The Morgan fingerprint density at radius 1 is 1.32 bits per heavy atom. The highest BCUT2D eigenvalue weighted by atomic mass is 16.4. The molecule has 4 nitrogen and oxygen atoms in total. The summed E-state index contributed by atoms with van der Waals surface area (Å²) in [7, 11) is 0. The minimum Gasteiger partial charge on any atom is -0.478 e. The lowest BCUT2D eigenvalue weighted by Gasteiger charge is -2.08. The van der Waals surface area contributed by atoms with Crippen LogP contribution in [-0.4, -0.2) is 16.1 Å². The summed E-state index contributed by atoms with van der Waals surface area (Å²) in [6.45, 7) is 3.87. The van der Waals surface area contributed by atoms with E-state index in [1.54, 1.807) is 13.0 Å². The van der Waals surface area contributed by atoms with Gasteiger partial charge in [0.05, 0.1) is 5.56 Å². The highest BCUT2D eigenvalue weighted by Crippen LogP contribution is 2.18. The van der Waals surface area contributed by atoms with Gasteiger partial charge in [0.1, 0.15) is 5.82 Å². The molecule has 0 aliphatic carbocycles. The first-order chi connectivity index (χ1) is 9.08. The molecule has 0 aliphatic heterocycles. The topological polar surface area (TPSA) is 62.2 Å². The first-order valence-corrected chi connectivity index (χ1v) is 6.16. The van der Waals surface area contributed by atoms with E-state index in [0.29, 0.717) is 11.5 Å². The van der Waals surface area contributed by atoms with Crippen molar-refractivity contribution in [2.45, 2.75) is 20.3 Å². The van der Waals surface area contributed by atoms with Gasteiger partial charge in [-0.3, -0.25) is 0 Å². The van der Waals surface area contributed by atoms with Crippen molar-refractivity contribution in [1.29, 1.82) is 0 Å². The van der Waals surface area contributed by atoms with Gasteiger partial charge in [0, 0.05) is 11.4 Å². The van der Waals surface area contributed by atoms with Gasteiger partial charge in [-0.25, -0.2) is 9.78 Å². The maximum Gasteiger partial charge on any atom is 0.335 e. The van der Waals surface area contributed by atoms with Gasteiger partial charge in [0.15, 0.2) is 0 Å². The molecular weight excluding hydrogens is 240 g/mol. The number of carbonyl (C=O) groups is 1. The van der Waals surface area contributed by atoms with Crippen LogP contribution in [0.25, 0.3) is 0 Å². The monoisotopic (exact) mass is 256 g/mol. The summed E-state index contributed by atoms with van der Waals surface area (Å²) in [6.07, 6.45) is 0.955. The summed E-state index contributed by atoms with van der Waals surface area (Å²) in [5.74, 6) is -0.401. The second-order valence-corrected chi connectivity index (χ2v) is 4.37. The number of aromatic carboxylic acids is 1. The number of aromatic nitrogens is 1.